The number of aliphatic hydroxyl groups excluding tert-OH is 1. The molecule has 3 aromatic rings. The van der Waals surface area contributed by atoms with Crippen LogP contribution in [0.15, 0.2) is 84.9 Å². The zero-order valence-electron chi connectivity index (χ0n) is 20.1. The molecule has 3 aromatic carbocycles. The van der Waals surface area contributed by atoms with Crippen molar-refractivity contribution >= 4 is 23.7 Å². The standard InChI is InChI=1S/C28H29N3O6/c29-27(35)24(15-19-11-13-22(14-12-19)26(34)21-9-5-2-6-10-21)31-25(33)16-23(32)17-30-28(36)37-18-20-7-3-1-4-8-20/h1-14,23-24,32H,15-18H2,(H2,29,35)(H,30,36)(H,31,33)/t23-,24+/m1/s1. The van der Waals surface area contributed by atoms with Gasteiger partial charge in [-0.3, -0.25) is 14.4 Å². The minimum atomic E-state index is -1.19. The number of primary amides is 1. The molecule has 3 rings (SSSR count). The van der Waals surface area contributed by atoms with Gasteiger partial charge >= 0.3 is 6.09 Å². The molecule has 5 N–H and O–H groups in total. The highest BCUT2D eigenvalue weighted by atomic mass is 16.5. The molecule has 9 heteroatoms. The van der Waals surface area contributed by atoms with Crippen LogP contribution >= 0.6 is 0 Å². The number of carbonyl (C=O) groups excluding carboxylic acids is 4. The Kier molecular flexibility index (Phi) is 9.92. The van der Waals surface area contributed by atoms with Gasteiger partial charge in [0.15, 0.2) is 5.78 Å². The minimum Gasteiger partial charge on any atom is -0.445 e. The number of aliphatic hydroxyl groups is 1. The van der Waals surface area contributed by atoms with E-state index in [0.29, 0.717) is 16.7 Å². The lowest BCUT2D eigenvalue weighted by molar-refractivity contribution is -0.128. The van der Waals surface area contributed by atoms with E-state index in [9.17, 15) is 24.3 Å². The van der Waals surface area contributed by atoms with E-state index in [1.54, 1.807) is 60.7 Å². The normalized spacial score (nSPS) is 12.1. The molecule has 0 fully saturated rings. The summed E-state index contributed by atoms with van der Waals surface area (Å²) in [5, 5.41) is 15.0. The Hall–Kier alpha value is -4.50. The molecular weight excluding hydrogens is 474 g/mol. The topological polar surface area (TPSA) is 148 Å². The van der Waals surface area contributed by atoms with Crippen LogP contribution in [0.5, 0.6) is 0 Å². The van der Waals surface area contributed by atoms with Gasteiger partial charge < -0.3 is 26.2 Å². The lowest BCUT2D eigenvalue weighted by atomic mass is 9.99. The lowest BCUT2D eigenvalue weighted by Gasteiger charge is -2.17. The van der Waals surface area contributed by atoms with E-state index in [0.717, 1.165) is 5.56 Å². The van der Waals surface area contributed by atoms with Crippen molar-refractivity contribution in [1.29, 1.82) is 0 Å². The molecule has 2 atom stereocenters. The second-order valence-corrected chi connectivity index (χ2v) is 8.42. The van der Waals surface area contributed by atoms with Gasteiger partial charge in [-0.15, -0.1) is 0 Å². The molecule has 192 valence electrons. The fraction of sp³-hybridized carbons (Fsp3) is 0.214. The van der Waals surface area contributed by atoms with Crippen molar-refractivity contribution in [3.8, 4) is 0 Å². The zero-order chi connectivity index (χ0) is 26.6. The first-order chi connectivity index (χ1) is 17.8. The Morgan fingerprint density at radius 3 is 2.03 bits per heavy atom. The summed E-state index contributed by atoms with van der Waals surface area (Å²) in [6, 6.07) is 23.6. The Balaban J connectivity index is 1.44. The molecular formula is C28H29N3O6. The minimum absolute atomic E-state index is 0.0743. The van der Waals surface area contributed by atoms with E-state index in [2.05, 4.69) is 10.6 Å². The molecule has 0 aliphatic rings. The van der Waals surface area contributed by atoms with E-state index in [1.165, 1.54) is 0 Å². The van der Waals surface area contributed by atoms with Crippen molar-refractivity contribution in [2.24, 2.45) is 5.73 Å². The Labute approximate surface area is 214 Å². The molecule has 0 aromatic heterocycles. The van der Waals surface area contributed by atoms with Crippen molar-refractivity contribution in [1.82, 2.24) is 10.6 Å². The first kappa shape index (κ1) is 27.1. The summed E-state index contributed by atoms with van der Waals surface area (Å²) >= 11 is 0. The fourth-order valence-corrected chi connectivity index (χ4v) is 3.52. The van der Waals surface area contributed by atoms with E-state index in [1.807, 2.05) is 24.3 Å². The average molecular weight is 504 g/mol. The number of nitrogens with two attached hydrogens (primary N) is 1. The number of benzene rings is 3. The van der Waals surface area contributed by atoms with Crippen LogP contribution in [0, 0.1) is 0 Å². The number of hydrogen-bond donors (Lipinski definition) is 4. The van der Waals surface area contributed by atoms with Gasteiger partial charge in [-0.25, -0.2) is 4.79 Å². The molecule has 0 saturated carbocycles. The smallest absolute Gasteiger partial charge is 0.407 e. The van der Waals surface area contributed by atoms with Gasteiger partial charge in [-0.1, -0.05) is 84.9 Å². The summed E-state index contributed by atoms with van der Waals surface area (Å²) in [6.07, 6.45) is -2.16. The van der Waals surface area contributed by atoms with Gasteiger partial charge in [0.2, 0.25) is 11.8 Å². The van der Waals surface area contributed by atoms with Crippen LogP contribution in [0.2, 0.25) is 0 Å². The Morgan fingerprint density at radius 1 is 0.811 bits per heavy atom. The number of nitrogens with one attached hydrogen (secondary N) is 2. The molecule has 9 nitrogen and oxygen atoms in total. The number of ketones is 1. The molecule has 0 heterocycles. The number of alkyl carbamates (subject to hydrolysis) is 1. The van der Waals surface area contributed by atoms with Crippen molar-refractivity contribution in [3.63, 3.8) is 0 Å². The highest BCUT2D eigenvalue weighted by molar-refractivity contribution is 6.08. The number of carbonyl (C=O) groups is 4. The molecule has 37 heavy (non-hydrogen) atoms. The predicted octanol–water partition coefficient (Wildman–Crippen LogP) is 2.11. The summed E-state index contributed by atoms with van der Waals surface area (Å²) < 4.78 is 5.05. The predicted molar refractivity (Wildman–Crippen MR) is 136 cm³/mol. The maximum absolute atomic E-state index is 12.5. The van der Waals surface area contributed by atoms with Crippen molar-refractivity contribution in [2.45, 2.75) is 31.6 Å². The maximum atomic E-state index is 12.5. The lowest BCUT2D eigenvalue weighted by Crippen LogP contribution is -2.47. The number of rotatable bonds is 12. The number of amides is 3. The highest BCUT2D eigenvalue weighted by Crippen LogP contribution is 2.12. The highest BCUT2D eigenvalue weighted by Gasteiger charge is 2.21. The molecule has 0 radical (unpaired) electrons. The van der Waals surface area contributed by atoms with Gasteiger partial charge in [0.05, 0.1) is 12.5 Å². The monoisotopic (exact) mass is 503 g/mol. The first-order valence-corrected chi connectivity index (χ1v) is 11.7. The fourth-order valence-electron chi connectivity index (χ4n) is 3.52. The van der Waals surface area contributed by atoms with Crippen molar-refractivity contribution in [2.75, 3.05) is 6.54 Å². The summed E-state index contributed by atoms with van der Waals surface area (Å²) in [5.41, 5.74) is 8.02. The second kappa shape index (κ2) is 13.6. The van der Waals surface area contributed by atoms with Crippen molar-refractivity contribution < 1.29 is 29.0 Å². The number of ether oxygens (including phenoxy) is 1. The first-order valence-electron chi connectivity index (χ1n) is 11.7. The Morgan fingerprint density at radius 2 is 1.41 bits per heavy atom. The van der Waals surface area contributed by atoms with Crippen LogP contribution < -0.4 is 16.4 Å². The second-order valence-electron chi connectivity index (χ2n) is 8.42. The number of hydrogen-bond acceptors (Lipinski definition) is 6. The molecule has 0 unspecified atom stereocenters. The Bertz CT molecular complexity index is 1200. The third-order valence-electron chi connectivity index (χ3n) is 5.49. The summed E-state index contributed by atoms with van der Waals surface area (Å²) in [6.45, 7) is -0.135. The third kappa shape index (κ3) is 8.90. The molecule has 0 saturated heterocycles. The molecule has 3 amide bonds. The summed E-state index contributed by atoms with van der Waals surface area (Å²) in [4.78, 5) is 48.6. The van der Waals surface area contributed by atoms with Crippen LogP contribution in [0.4, 0.5) is 4.79 Å². The summed E-state index contributed by atoms with van der Waals surface area (Å²) in [5.74, 6) is -1.47. The molecule has 0 spiro atoms. The van der Waals surface area contributed by atoms with Crippen molar-refractivity contribution in [3.05, 3.63) is 107 Å². The van der Waals surface area contributed by atoms with Crippen LogP contribution in [-0.4, -0.2) is 47.5 Å². The van der Waals surface area contributed by atoms with E-state index >= 15 is 0 Å². The summed E-state index contributed by atoms with van der Waals surface area (Å²) in [7, 11) is 0. The van der Waals surface area contributed by atoms with Gasteiger partial charge in [0, 0.05) is 24.1 Å². The molecule has 0 aliphatic carbocycles. The van der Waals surface area contributed by atoms with E-state index in [4.69, 9.17) is 10.5 Å². The van der Waals surface area contributed by atoms with Gasteiger partial charge in [-0.2, -0.15) is 0 Å². The maximum Gasteiger partial charge on any atom is 0.407 e. The third-order valence-corrected chi connectivity index (χ3v) is 5.49. The zero-order valence-corrected chi connectivity index (χ0v) is 20.1. The van der Waals surface area contributed by atoms with Gasteiger partial charge in [0.25, 0.3) is 0 Å². The SMILES string of the molecule is NC(=O)[C@H](Cc1ccc(C(=O)c2ccccc2)cc1)NC(=O)C[C@@H](O)CNC(=O)OCc1ccccc1. The van der Waals surface area contributed by atoms with Crippen LogP contribution in [0.25, 0.3) is 0 Å². The van der Waals surface area contributed by atoms with Gasteiger partial charge in [0.1, 0.15) is 12.6 Å². The largest absolute Gasteiger partial charge is 0.445 e. The van der Waals surface area contributed by atoms with Crippen LogP contribution in [-0.2, 0) is 27.4 Å². The van der Waals surface area contributed by atoms with E-state index < -0.39 is 30.1 Å². The molecule has 0 aliphatic heterocycles. The molecule has 0 bridgehead atoms. The average Bonchev–Trinajstić information content (AvgIpc) is 2.91. The van der Waals surface area contributed by atoms with Gasteiger partial charge in [-0.05, 0) is 11.1 Å². The van der Waals surface area contributed by atoms with Crippen LogP contribution in [0.1, 0.15) is 33.5 Å². The van der Waals surface area contributed by atoms with Crippen LogP contribution in [0.3, 0.4) is 0 Å². The quantitative estimate of drug-likeness (QED) is 0.278. The van der Waals surface area contributed by atoms with E-state index in [-0.39, 0.29) is 31.8 Å².